The van der Waals surface area contributed by atoms with Crippen LogP contribution in [0.1, 0.15) is 5.82 Å². The van der Waals surface area contributed by atoms with Crippen molar-refractivity contribution < 1.29 is 13.2 Å². The van der Waals surface area contributed by atoms with Gasteiger partial charge in [-0.25, -0.2) is 23.1 Å². The Morgan fingerprint density at radius 2 is 1.42 bits per heavy atom. The van der Waals surface area contributed by atoms with E-state index in [9.17, 15) is 13.2 Å². The summed E-state index contributed by atoms with van der Waals surface area (Å²) in [5, 5.41) is 5.85. The second-order valence-electron chi connectivity index (χ2n) is 5.07. The van der Waals surface area contributed by atoms with Gasteiger partial charge in [0.1, 0.15) is 23.3 Å². The van der Waals surface area contributed by atoms with Gasteiger partial charge < -0.3 is 10.6 Å². The van der Waals surface area contributed by atoms with Gasteiger partial charge in [-0.1, -0.05) is 6.07 Å². The van der Waals surface area contributed by atoms with Crippen LogP contribution in [0.15, 0.2) is 48.5 Å². The lowest BCUT2D eigenvalue weighted by Crippen LogP contribution is -2.02. The minimum atomic E-state index is -0.955. The summed E-state index contributed by atoms with van der Waals surface area (Å²) in [5.74, 6) is -0.949. The minimum absolute atomic E-state index is 0.351. The molecule has 0 radical (unpaired) electrons. The van der Waals surface area contributed by atoms with Crippen LogP contribution in [0.2, 0.25) is 0 Å². The van der Waals surface area contributed by atoms with Crippen LogP contribution >= 0.6 is 0 Å². The standard InChI is InChI=1S/C17H13F3N4/c1-10-21-16(23-12-4-2-3-11(18)7-12)9-17(22-10)24-13-5-6-14(19)15(20)8-13/h2-9H,1H3,(H2,21,22,23,24). The van der Waals surface area contributed by atoms with E-state index >= 15 is 0 Å². The number of aromatic nitrogens is 2. The van der Waals surface area contributed by atoms with Gasteiger partial charge in [0.25, 0.3) is 0 Å². The molecule has 0 bridgehead atoms. The number of halogens is 3. The van der Waals surface area contributed by atoms with Crippen LogP contribution < -0.4 is 10.6 Å². The van der Waals surface area contributed by atoms with E-state index in [0.29, 0.717) is 28.8 Å². The first-order valence-corrected chi connectivity index (χ1v) is 7.10. The summed E-state index contributed by atoms with van der Waals surface area (Å²) in [5.41, 5.74) is 0.885. The van der Waals surface area contributed by atoms with Crippen molar-refractivity contribution in [2.24, 2.45) is 0 Å². The molecular formula is C17H13F3N4. The van der Waals surface area contributed by atoms with E-state index in [2.05, 4.69) is 20.6 Å². The third-order valence-corrected chi connectivity index (χ3v) is 3.13. The summed E-state index contributed by atoms with van der Waals surface area (Å²) >= 11 is 0. The molecule has 0 fully saturated rings. The fourth-order valence-corrected chi connectivity index (χ4v) is 2.13. The molecule has 1 aromatic heterocycles. The van der Waals surface area contributed by atoms with Crippen molar-refractivity contribution >= 4 is 23.0 Å². The lowest BCUT2D eigenvalue weighted by atomic mass is 10.3. The van der Waals surface area contributed by atoms with Crippen molar-refractivity contribution in [3.63, 3.8) is 0 Å². The summed E-state index contributed by atoms with van der Waals surface area (Å²) < 4.78 is 39.5. The number of aryl methyl sites for hydroxylation is 1. The van der Waals surface area contributed by atoms with Gasteiger partial charge in [-0.2, -0.15) is 0 Å². The molecule has 3 rings (SSSR count). The number of anilines is 4. The highest BCUT2D eigenvalue weighted by Gasteiger charge is 2.06. The lowest BCUT2D eigenvalue weighted by molar-refractivity contribution is 0.509. The first-order chi connectivity index (χ1) is 11.5. The van der Waals surface area contributed by atoms with Crippen LogP contribution in [0.4, 0.5) is 36.2 Å². The zero-order valence-electron chi connectivity index (χ0n) is 12.6. The smallest absolute Gasteiger partial charge is 0.160 e. The van der Waals surface area contributed by atoms with Crippen LogP contribution in [0.3, 0.4) is 0 Å². The van der Waals surface area contributed by atoms with Crippen LogP contribution in [0.5, 0.6) is 0 Å². The number of nitrogens with zero attached hydrogens (tertiary/aromatic N) is 2. The monoisotopic (exact) mass is 330 g/mol. The topological polar surface area (TPSA) is 49.8 Å². The third kappa shape index (κ3) is 3.81. The molecule has 1 heterocycles. The highest BCUT2D eigenvalue weighted by atomic mass is 19.2. The van der Waals surface area contributed by atoms with Crippen molar-refractivity contribution in [2.75, 3.05) is 10.6 Å². The van der Waals surface area contributed by atoms with Gasteiger partial charge in [0, 0.05) is 23.5 Å². The number of nitrogens with one attached hydrogen (secondary N) is 2. The molecule has 3 aromatic rings. The number of hydrogen-bond donors (Lipinski definition) is 2. The van der Waals surface area contributed by atoms with Crippen molar-refractivity contribution in [2.45, 2.75) is 6.92 Å². The molecule has 2 N–H and O–H groups in total. The van der Waals surface area contributed by atoms with Crippen LogP contribution in [0, 0.1) is 24.4 Å². The normalized spacial score (nSPS) is 10.5. The fraction of sp³-hybridized carbons (Fsp3) is 0.0588. The Morgan fingerprint density at radius 1 is 0.750 bits per heavy atom. The minimum Gasteiger partial charge on any atom is -0.340 e. The first-order valence-electron chi connectivity index (χ1n) is 7.10. The van der Waals surface area contributed by atoms with Crippen molar-refractivity contribution in [3.8, 4) is 0 Å². The van der Waals surface area contributed by atoms with Crippen molar-refractivity contribution in [3.05, 3.63) is 71.8 Å². The second-order valence-corrected chi connectivity index (χ2v) is 5.07. The van der Waals surface area contributed by atoms with Crippen molar-refractivity contribution in [1.29, 1.82) is 0 Å². The molecule has 2 aromatic carbocycles. The quantitative estimate of drug-likeness (QED) is 0.729. The molecule has 24 heavy (non-hydrogen) atoms. The average Bonchev–Trinajstić information content (AvgIpc) is 2.50. The predicted molar refractivity (Wildman–Crippen MR) is 86.1 cm³/mol. The molecule has 0 aliphatic heterocycles. The fourth-order valence-electron chi connectivity index (χ4n) is 2.13. The molecule has 0 amide bonds. The molecule has 4 nitrogen and oxygen atoms in total. The summed E-state index contributed by atoms with van der Waals surface area (Å²) in [7, 11) is 0. The maximum Gasteiger partial charge on any atom is 0.160 e. The van der Waals surface area contributed by atoms with E-state index < -0.39 is 11.6 Å². The van der Waals surface area contributed by atoms with E-state index in [-0.39, 0.29) is 5.82 Å². The third-order valence-electron chi connectivity index (χ3n) is 3.13. The number of benzene rings is 2. The zero-order chi connectivity index (χ0) is 17.1. The summed E-state index contributed by atoms with van der Waals surface area (Å²) in [6, 6.07) is 11.0. The van der Waals surface area contributed by atoms with Gasteiger partial charge >= 0.3 is 0 Å². The van der Waals surface area contributed by atoms with E-state index in [0.717, 1.165) is 12.1 Å². The molecule has 7 heteroatoms. The Balaban J connectivity index is 1.84. The van der Waals surface area contributed by atoms with Gasteiger partial charge in [-0.3, -0.25) is 0 Å². The highest BCUT2D eigenvalue weighted by molar-refractivity contribution is 5.63. The molecule has 0 aliphatic carbocycles. The molecule has 0 aliphatic rings. The Kier molecular flexibility index (Phi) is 4.33. The SMILES string of the molecule is Cc1nc(Nc2cccc(F)c2)cc(Nc2ccc(F)c(F)c2)n1. The summed E-state index contributed by atoms with van der Waals surface area (Å²) in [4.78, 5) is 8.40. The van der Waals surface area contributed by atoms with E-state index in [4.69, 9.17) is 0 Å². The molecule has 0 saturated heterocycles. The zero-order valence-corrected chi connectivity index (χ0v) is 12.6. The maximum absolute atomic E-state index is 13.3. The van der Waals surface area contributed by atoms with Crippen LogP contribution in [-0.2, 0) is 0 Å². The molecule has 0 saturated carbocycles. The van der Waals surface area contributed by atoms with Gasteiger partial charge in [-0.05, 0) is 37.3 Å². The predicted octanol–water partition coefficient (Wildman–Crippen LogP) is 4.69. The van der Waals surface area contributed by atoms with Gasteiger partial charge in [0.15, 0.2) is 11.6 Å². The highest BCUT2D eigenvalue weighted by Crippen LogP contribution is 2.22. The molecule has 0 unspecified atom stereocenters. The van der Waals surface area contributed by atoms with Crippen LogP contribution in [0.25, 0.3) is 0 Å². The van der Waals surface area contributed by atoms with E-state index in [1.165, 1.54) is 18.2 Å². The average molecular weight is 330 g/mol. The summed E-state index contributed by atoms with van der Waals surface area (Å²) in [6.07, 6.45) is 0. The van der Waals surface area contributed by atoms with Gasteiger partial charge in [-0.15, -0.1) is 0 Å². The number of rotatable bonds is 4. The lowest BCUT2D eigenvalue weighted by Gasteiger charge is -2.10. The van der Waals surface area contributed by atoms with E-state index in [1.807, 2.05) is 0 Å². The molecular weight excluding hydrogens is 317 g/mol. The Morgan fingerprint density at radius 3 is 2.04 bits per heavy atom. The summed E-state index contributed by atoms with van der Waals surface area (Å²) in [6.45, 7) is 1.69. The molecule has 122 valence electrons. The van der Waals surface area contributed by atoms with E-state index in [1.54, 1.807) is 25.1 Å². The Labute approximate surface area is 136 Å². The Bertz CT molecular complexity index is 883. The van der Waals surface area contributed by atoms with Crippen LogP contribution in [-0.4, -0.2) is 9.97 Å². The van der Waals surface area contributed by atoms with Gasteiger partial charge in [0.2, 0.25) is 0 Å². The second kappa shape index (κ2) is 6.57. The largest absolute Gasteiger partial charge is 0.340 e. The van der Waals surface area contributed by atoms with Crippen molar-refractivity contribution in [1.82, 2.24) is 9.97 Å². The maximum atomic E-state index is 13.3. The Hall–Kier alpha value is -3.09. The van der Waals surface area contributed by atoms with Gasteiger partial charge in [0.05, 0.1) is 0 Å². The molecule has 0 atom stereocenters. The number of hydrogen-bond acceptors (Lipinski definition) is 4. The first kappa shape index (κ1) is 15.8. The molecule has 0 spiro atoms.